The van der Waals surface area contributed by atoms with E-state index in [1.807, 2.05) is 0 Å². The third-order valence-corrected chi connectivity index (χ3v) is 12.8. The van der Waals surface area contributed by atoms with Gasteiger partial charge in [-0.3, -0.25) is 0 Å². The van der Waals surface area contributed by atoms with E-state index in [9.17, 15) is 0 Å². The van der Waals surface area contributed by atoms with Crippen LogP contribution in [0.25, 0.3) is 21.5 Å². The maximum absolute atomic E-state index is 6.02. The molecule has 0 heterocycles. The van der Waals surface area contributed by atoms with E-state index >= 15 is 0 Å². The zero-order chi connectivity index (χ0) is 27.3. The molecule has 0 aromatic heterocycles. The number of ether oxygens (including phenoxy) is 2. The summed E-state index contributed by atoms with van der Waals surface area (Å²) in [5, 5.41) is 10.3. The average Bonchev–Trinajstić information content (AvgIpc) is 3.03. The Kier molecular flexibility index (Phi) is 8.10. The third kappa shape index (κ3) is 5.48. The lowest BCUT2D eigenvalue weighted by molar-refractivity contribution is 0.418. The standard InChI is InChI=1S/C36H32O2P2/c1-37-33-23-27-13-9-11-15-29(27)25-35(33)39(31-17-5-3-6-18-31)21-22-40(32-19-7-4-8-20-32)36-26-30-16-12-10-14-28(30)24-34(36)38-2/h3-20,23-26H,21-22H2,1-2H3. The van der Waals surface area contributed by atoms with E-state index in [2.05, 4.69) is 133 Å². The van der Waals surface area contributed by atoms with Gasteiger partial charge >= 0.3 is 0 Å². The Morgan fingerprint density at radius 1 is 0.425 bits per heavy atom. The molecular weight excluding hydrogens is 526 g/mol. The molecule has 0 aliphatic carbocycles. The lowest BCUT2D eigenvalue weighted by Crippen LogP contribution is -2.21. The maximum Gasteiger partial charge on any atom is 0.127 e. The molecule has 40 heavy (non-hydrogen) atoms. The van der Waals surface area contributed by atoms with Crippen LogP contribution in [0.5, 0.6) is 11.5 Å². The van der Waals surface area contributed by atoms with E-state index < -0.39 is 15.8 Å². The van der Waals surface area contributed by atoms with Gasteiger partial charge in [-0.05, 0) is 84.6 Å². The molecule has 6 aromatic carbocycles. The number of rotatable bonds is 9. The lowest BCUT2D eigenvalue weighted by Gasteiger charge is -2.26. The molecule has 6 aromatic rings. The number of hydrogen-bond acceptors (Lipinski definition) is 2. The van der Waals surface area contributed by atoms with Crippen LogP contribution in [0.4, 0.5) is 0 Å². The van der Waals surface area contributed by atoms with Crippen molar-refractivity contribution in [3.63, 3.8) is 0 Å². The van der Waals surface area contributed by atoms with Gasteiger partial charge in [0, 0.05) is 10.6 Å². The van der Waals surface area contributed by atoms with Crippen LogP contribution in [0.1, 0.15) is 0 Å². The number of fused-ring (bicyclic) bond motifs is 2. The van der Waals surface area contributed by atoms with Gasteiger partial charge < -0.3 is 9.47 Å². The molecular formula is C36H32O2P2. The highest BCUT2D eigenvalue weighted by molar-refractivity contribution is 7.76. The second-order valence-corrected chi connectivity index (χ2v) is 14.3. The van der Waals surface area contributed by atoms with E-state index in [0.717, 1.165) is 23.8 Å². The van der Waals surface area contributed by atoms with E-state index in [-0.39, 0.29) is 0 Å². The minimum absolute atomic E-state index is 0.662. The molecule has 0 spiro atoms. The van der Waals surface area contributed by atoms with Crippen LogP contribution in [-0.2, 0) is 0 Å². The molecule has 0 N–H and O–H groups in total. The van der Waals surface area contributed by atoms with Crippen molar-refractivity contribution in [1.29, 1.82) is 0 Å². The number of benzene rings is 6. The minimum atomic E-state index is -0.662. The van der Waals surface area contributed by atoms with Crippen molar-refractivity contribution < 1.29 is 9.47 Å². The van der Waals surface area contributed by atoms with Gasteiger partial charge in [-0.2, -0.15) is 0 Å². The predicted octanol–water partition coefficient (Wildman–Crippen LogP) is 7.58. The summed E-state index contributed by atoms with van der Waals surface area (Å²) in [6.45, 7) is 0. The topological polar surface area (TPSA) is 18.5 Å². The van der Waals surface area contributed by atoms with Crippen LogP contribution >= 0.6 is 15.8 Å². The first-order chi connectivity index (χ1) is 19.7. The fourth-order valence-electron chi connectivity index (χ4n) is 5.36. The van der Waals surface area contributed by atoms with Gasteiger partial charge in [0.2, 0.25) is 0 Å². The summed E-state index contributed by atoms with van der Waals surface area (Å²) in [5.74, 6) is 1.95. The molecule has 2 nitrogen and oxygen atoms in total. The van der Waals surface area contributed by atoms with Crippen LogP contribution in [0.2, 0.25) is 0 Å². The second kappa shape index (κ2) is 12.2. The highest BCUT2D eigenvalue weighted by Crippen LogP contribution is 2.45. The Morgan fingerprint density at radius 3 is 1.10 bits per heavy atom. The molecule has 0 saturated carbocycles. The maximum atomic E-state index is 6.02. The van der Waals surface area contributed by atoms with E-state index in [1.165, 1.54) is 42.8 Å². The fraction of sp³-hybridized carbons (Fsp3) is 0.111. The summed E-state index contributed by atoms with van der Waals surface area (Å²) in [6, 6.07) is 48.2. The van der Waals surface area contributed by atoms with Crippen molar-refractivity contribution in [2.45, 2.75) is 0 Å². The van der Waals surface area contributed by atoms with Gasteiger partial charge in [-0.25, -0.2) is 0 Å². The quantitative estimate of drug-likeness (QED) is 0.170. The monoisotopic (exact) mass is 558 g/mol. The van der Waals surface area contributed by atoms with E-state index in [1.54, 1.807) is 14.2 Å². The summed E-state index contributed by atoms with van der Waals surface area (Å²) in [7, 11) is 2.27. The van der Waals surface area contributed by atoms with Gasteiger partial charge in [0.05, 0.1) is 14.2 Å². The predicted molar refractivity (Wildman–Crippen MR) is 176 cm³/mol. The largest absolute Gasteiger partial charge is 0.496 e. The smallest absolute Gasteiger partial charge is 0.127 e. The zero-order valence-electron chi connectivity index (χ0n) is 22.8. The van der Waals surface area contributed by atoms with Crippen LogP contribution in [0.3, 0.4) is 0 Å². The first-order valence-electron chi connectivity index (χ1n) is 13.5. The Hall–Kier alpha value is -3.70. The molecule has 0 fully saturated rings. The highest BCUT2D eigenvalue weighted by atomic mass is 31.1. The molecule has 0 aliphatic heterocycles. The van der Waals surface area contributed by atoms with Crippen molar-refractivity contribution in [2.75, 3.05) is 26.5 Å². The van der Waals surface area contributed by atoms with Crippen molar-refractivity contribution in [2.24, 2.45) is 0 Å². The summed E-state index contributed by atoms with van der Waals surface area (Å²) in [6.07, 6.45) is 2.09. The Labute approximate surface area is 239 Å². The number of methoxy groups -OCH3 is 2. The number of hydrogen-bond donors (Lipinski definition) is 0. The second-order valence-electron chi connectivity index (χ2n) is 9.72. The first-order valence-corrected chi connectivity index (χ1v) is 16.6. The average molecular weight is 559 g/mol. The van der Waals surface area contributed by atoms with Crippen molar-refractivity contribution in [1.82, 2.24) is 0 Å². The molecule has 198 valence electrons. The van der Waals surface area contributed by atoms with Gasteiger partial charge in [0.15, 0.2) is 0 Å². The summed E-state index contributed by atoms with van der Waals surface area (Å²) in [4.78, 5) is 0. The third-order valence-electron chi connectivity index (χ3n) is 7.36. The van der Waals surface area contributed by atoms with Crippen molar-refractivity contribution in [3.8, 4) is 11.5 Å². The van der Waals surface area contributed by atoms with Gasteiger partial charge in [-0.15, -0.1) is 0 Å². The molecule has 0 amide bonds. The van der Waals surface area contributed by atoms with Crippen LogP contribution in [0, 0.1) is 0 Å². The molecule has 2 atom stereocenters. The SMILES string of the molecule is COc1cc2ccccc2cc1P(CCP(c1ccccc1)c1cc2ccccc2cc1OC)c1ccccc1. The summed E-state index contributed by atoms with van der Waals surface area (Å²) >= 11 is 0. The summed E-state index contributed by atoms with van der Waals surface area (Å²) in [5.41, 5.74) is 0. The molecule has 0 saturated heterocycles. The Balaban J connectivity index is 1.45. The van der Waals surface area contributed by atoms with E-state index in [0.29, 0.717) is 0 Å². The molecule has 2 unspecified atom stereocenters. The van der Waals surface area contributed by atoms with Crippen LogP contribution in [0.15, 0.2) is 133 Å². The highest BCUT2D eigenvalue weighted by Gasteiger charge is 2.24. The molecule has 0 aliphatic rings. The van der Waals surface area contributed by atoms with Gasteiger partial charge in [0.25, 0.3) is 0 Å². The Bertz CT molecular complexity index is 1600. The minimum Gasteiger partial charge on any atom is -0.496 e. The van der Waals surface area contributed by atoms with Gasteiger partial charge in [0.1, 0.15) is 11.5 Å². The summed E-state index contributed by atoms with van der Waals surface area (Å²) < 4.78 is 12.0. The molecule has 0 radical (unpaired) electrons. The normalized spacial score (nSPS) is 12.8. The zero-order valence-corrected chi connectivity index (χ0v) is 24.6. The van der Waals surface area contributed by atoms with E-state index in [4.69, 9.17) is 9.47 Å². The van der Waals surface area contributed by atoms with Gasteiger partial charge in [-0.1, -0.05) is 109 Å². The fourth-order valence-corrected chi connectivity index (χ4v) is 11.0. The molecule has 6 rings (SSSR count). The lowest BCUT2D eigenvalue weighted by atomic mass is 10.1. The Morgan fingerprint density at radius 2 is 0.750 bits per heavy atom. The van der Waals surface area contributed by atoms with Crippen molar-refractivity contribution in [3.05, 3.63) is 133 Å². The van der Waals surface area contributed by atoms with Crippen LogP contribution < -0.4 is 30.7 Å². The molecule has 0 bridgehead atoms. The molecule has 4 heteroatoms. The van der Waals surface area contributed by atoms with Crippen LogP contribution in [-0.4, -0.2) is 26.5 Å². The first kappa shape index (κ1) is 26.5. The van der Waals surface area contributed by atoms with Crippen molar-refractivity contribution >= 4 is 58.6 Å².